The third-order valence-corrected chi connectivity index (χ3v) is 4.85. The lowest BCUT2D eigenvalue weighted by Gasteiger charge is -2.22. The number of fused-ring (bicyclic) bond motifs is 1. The highest BCUT2D eigenvalue weighted by atomic mass is 19.1. The summed E-state index contributed by atoms with van der Waals surface area (Å²) in [6, 6.07) is 15.5. The lowest BCUT2D eigenvalue weighted by atomic mass is 9.79. The number of hydrogen-bond acceptors (Lipinski definition) is 2. The standard InChI is InChI=1S/C20H16FNO2/c21-18-9-5-4-8-15(18)13-10-11-16-17(12-13)20(24)22(19(16)23)14-6-2-1-3-7-14/h1-10,16-17H,11-12H2/t16-,17+/m0/s1. The second-order valence-corrected chi connectivity index (χ2v) is 6.21. The molecule has 0 saturated carbocycles. The van der Waals surface area contributed by atoms with Crippen LogP contribution in [-0.4, -0.2) is 11.8 Å². The van der Waals surface area contributed by atoms with Crippen LogP contribution >= 0.6 is 0 Å². The molecule has 1 aliphatic heterocycles. The summed E-state index contributed by atoms with van der Waals surface area (Å²) in [4.78, 5) is 26.7. The van der Waals surface area contributed by atoms with Crippen molar-refractivity contribution in [3.05, 3.63) is 72.1 Å². The SMILES string of the molecule is O=C1[C@H]2CC=C(c3ccccc3F)C[C@H]2C(=O)N1c1ccccc1. The first-order valence-corrected chi connectivity index (χ1v) is 8.03. The van der Waals surface area contributed by atoms with E-state index in [2.05, 4.69) is 0 Å². The van der Waals surface area contributed by atoms with Crippen molar-refractivity contribution in [2.75, 3.05) is 4.90 Å². The largest absolute Gasteiger partial charge is 0.274 e. The van der Waals surface area contributed by atoms with Gasteiger partial charge in [-0.3, -0.25) is 14.5 Å². The summed E-state index contributed by atoms with van der Waals surface area (Å²) in [6.45, 7) is 0. The van der Waals surface area contributed by atoms with Gasteiger partial charge in [0.15, 0.2) is 0 Å². The van der Waals surface area contributed by atoms with E-state index in [1.54, 1.807) is 42.5 Å². The van der Waals surface area contributed by atoms with Gasteiger partial charge in [0, 0.05) is 5.56 Å². The second-order valence-electron chi connectivity index (χ2n) is 6.21. The average Bonchev–Trinajstić information content (AvgIpc) is 2.86. The molecule has 24 heavy (non-hydrogen) atoms. The summed E-state index contributed by atoms with van der Waals surface area (Å²) in [6.07, 6.45) is 2.78. The zero-order chi connectivity index (χ0) is 16.7. The van der Waals surface area contributed by atoms with Gasteiger partial charge in [-0.05, 0) is 36.6 Å². The van der Waals surface area contributed by atoms with Crippen LogP contribution in [0.2, 0.25) is 0 Å². The summed E-state index contributed by atoms with van der Waals surface area (Å²) in [5.74, 6) is -1.37. The van der Waals surface area contributed by atoms with E-state index < -0.39 is 5.92 Å². The van der Waals surface area contributed by atoms with Crippen LogP contribution < -0.4 is 4.90 Å². The number of anilines is 1. The van der Waals surface area contributed by atoms with Gasteiger partial charge < -0.3 is 0 Å². The lowest BCUT2D eigenvalue weighted by molar-refractivity contribution is -0.122. The number of para-hydroxylation sites is 1. The maximum absolute atomic E-state index is 14.0. The van der Waals surface area contributed by atoms with Crippen LogP contribution in [0.25, 0.3) is 5.57 Å². The Bertz CT molecular complexity index is 844. The topological polar surface area (TPSA) is 37.4 Å². The number of allylic oxidation sites excluding steroid dienone is 2. The van der Waals surface area contributed by atoms with E-state index in [1.165, 1.54) is 11.0 Å². The van der Waals surface area contributed by atoms with Crippen molar-refractivity contribution in [1.29, 1.82) is 0 Å². The Balaban J connectivity index is 1.65. The zero-order valence-corrected chi connectivity index (χ0v) is 13.0. The van der Waals surface area contributed by atoms with Gasteiger partial charge in [-0.1, -0.05) is 42.5 Å². The molecule has 2 aromatic carbocycles. The number of carbonyl (C=O) groups excluding carboxylic acids is 2. The molecule has 0 bridgehead atoms. The number of rotatable bonds is 2. The van der Waals surface area contributed by atoms with E-state index in [4.69, 9.17) is 0 Å². The molecule has 2 atom stereocenters. The fourth-order valence-corrected chi connectivity index (χ4v) is 3.64. The van der Waals surface area contributed by atoms with Crippen molar-refractivity contribution < 1.29 is 14.0 Å². The van der Waals surface area contributed by atoms with Crippen LogP contribution in [0.15, 0.2) is 60.7 Å². The van der Waals surface area contributed by atoms with E-state index in [-0.39, 0.29) is 23.5 Å². The Labute approximate surface area is 139 Å². The first-order chi connectivity index (χ1) is 11.7. The highest BCUT2D eigenvalue weighted by Crippen LogP contribution is 2.42. The Morgan fingerprint density at radius 1 is 0.875 bits per heavy atom. The molecule has 0 unspecified atom stereocenters. The van der Waals surface area contributed by atoms with Crippen LogP contribution in [0.1, 0.15) is 18.4 Å². The monoisotopic (exact) mass is 321 g/mol. The van der Waals surface area contributed by atoms with E-state index >= 15 is 0 Å². The van der Waals surface area contributed by atoms with Gasteiger partial charge in [0.05, 0.1) is 17.5 Å². The molecular weight excluding hydrogens is 305 g/mol. The van der Waals surface area contributed by atoms with Crippen LogP contribution in [-0.2, 0) is 9.59 Å². The molecule has 1 saturated heterocycles. The minimum Gasteiger partial charge on any atom is -0.274 e. The van der Waals surface area contributed by atoms with Gasteiger partial charge in [-0.15, -0.1) is 0 Å². The van der Waals surface area contributed by atoms with Gasteiger partial charge in [0.25, 0.3) is 0 Å². The minimum absolute atomic E-state index is 0.153. The van der Waals surface area contributed by atoms with Crippen LogP contribution in [0.4, 0.5) is 10.1 Å². The average molecular weight is 321 g/mol. The van der Waals surface area contributed by atoms with Gasteiger partial charge in [0.2, 0.25) is 11.8 Å². The maximum atomic E-state index is 14.0. The fraction of sp³-hybridized carbons (Fsp3) is 0.200. The Hall–Kier alpha value is -2.75. The number of hydrogen-bond donors (Lipinski definition) is 0. The zero-order valence-electron chi connectivity index (χ0n) is 13.0. The summed E-state index contributed by atoms with van der Waals surface area (Å²) in [7, 11) is 0. The van der Waals surface area contributed by atoms with E-state index in [9.17, 15) is 14.0 Å². The number of nitrogens with zero attached hydrogens (tertiary/aromatic N) is 1. The Morgan fingerprint density at radius 2 is 1.54 bits per heavy atom. The molecule has 0 aromatic heterocycles. The Morgan fingerprint density at radius 3 is 2.29 bits per heavy atom. The van der Waals surface area contributed by atoms with Crippen molar-refractivity contribution in [2.24, 2.45) is 11.8 Å². The third-order valence-electron chi connectivity index (χ3n) is 4.85. The predicted molar refractivity (Wildman–Crippen MR) is 89.5 cm³/mol. The molecule has 4 heteroatoms. The highest BCUT2D eigenvalue weighted by molar-refractivity contribution is 6.22. The number of imide groups is 1. The number of benzene rings is 2. The molecule has 1 aliphatic carbocycles. The normalized spacial score (nSPS) is 23.2. The smallest absolute Gasteiger partial charge is 0.238 e. The highest BCUT2D eigenvalue weighted by Gasteiger charge is 2.49. The molecule has 2 aliphatic rings. The molecule has 0 N–H and O–H groups in total. The van der Waals surface area contributed by atoms with Gasteiger partial charge in [0.1, 0.15) is 5.82 Å². The quantitative estimate of drug-likeness (QED) is 0.789. The summed E-state index contributed by atoms with van der Waals surface area (Å²) in [5, 5.41) is 0. The van der Waals surface area contributed by atoms with Crippen molar-refractivity contribution in [3.63, 3.8) is 0 Å². The first kappa shape index (κ1) is 14.8. The van der Waals surface area contributed by atoms with Gasteiger partial charge in [-0.25, -0.2) is 4.39 Å². The third kappa shape index (κ3) is 2.26. The summed E-state index contributed by atoms with van der Waals surface area (Å²) in [5.41, 5.74) is 1.94. The van der Waals surface area contributed by atoms with Crippen molar-refractivity contribution in [2.45, 2.75) is 12.8 Å². The molecular formula is C20H16FNO2. The van der Waals surface area contributed by atoms with E-state index in [0.29, 0.717) is 24.1 Å². The molecule has 0 radical (unpaired) electrons. The van der Waals surface area contributed by atoms with E-state index in [1.807, 2.05) is 12.1 Å². The molecule has 3 nitrogen and oxygen atoms in total. The molecule has 4 rings (SSSR count). The minimum atomic E-state index is -0.405. The summed E-state index contributed by atoms with van der Waals surface area (Å²) < 4.78 is 14.0. The van der Waals surface area contributed by atoms with E-state index in [0.717, 1.165) is 5.57 Å². The number of amides is 2. The second kappa shape index (κ2) is 5.71. The molecule has 1 heterocycles. The first-order valence-electron chi connectivity index (χ1n) is 8.03. The molecule has 2 aromatic rings. The van der Waals surface area contributed by atoms with Crippen molar-refractivity contribution in [3.8, 4) is 0 Å². The molecule has 0 spiro atoms. The van der Waals surface area contributed by atoms with Gasteiger partial charge >= 0.3 is 0 Å². The van der Waals surface area contributed by atoms with Crippen LogP contribution in [0.3, 0.4) is 0 Å². The van der Waals surface area contributed by atoms with Crippen LogP contribution in [0.5, 0.6) is 0 Å². The fourth-order valence-electron chi connectivity index (χ4n) is 3.64. The van der Waals surface area contributed by atoms with Crippen molar-refractivity contribution >= 4 is 23.1 Å². The summed E-state index contributed by atoms with van der Waals surface area (Å²) >= 11 is 0. The predicted octanol–water partition coefficient (Wildman–Crippen LogP) is 3.81. The van der Waals surface area contributed by atoms with Gasteiger partial charge in [-0.2, -0.15) is 0 Å². The Kier molecular flexibility index (Phi) is 3.53. The molecule has 1 fully saturated rings. The maximum Gasteiger partial charge on any atom is 0.238 e. The van der Waals surface area contributed by atoms with Crippen LogP contribution in [0, 0.1) is 17.7 Å². The number of halogens is 1. The molecule has 2 amide bonds. The number of carbonyl (C=O) groups is 2. The molecule has 120 valence electrons. The lowest BCUT2D eigenvalue weighted by Crippen LogP contribution is -2.30. The van der Waals surface area contributed by atoms with Crippen molar-refractivity contribution in [1.82, 2.24) is 0 Å².